The molecule has 20 heavy (non-hydrogen) atoms. The minimum atomic E-state index is -1.34. The third kappa shape index (κ3) is 2.56. The Hall–Kier alpha value is -2.96. The summed E-state index contributed by atoms with van der Waals surface area (Å²) in [5.41, 5.74) is 4.95. The maximum absolute atomic E-state index is 13.4. The van der Waals surface area contributed by atoms with E-state index in [0.29, 0.717) is 0 Å². The molecule has 0 amide bonds. The highest BCUT2D eigenvalue weighted by atomic mass is 19.1. The van der Waals surface area contributed by atoms with Crippen LogP contribution in [-0.2, 0) is 0 Å². The molecule has 102 valence electrons. The zero-order valence-corrected chi connectivity index (χ0v) is 10.0. The second-order valence-electron chi connectivity index (χ2n) is 3.97. The van der Waals surface area contributed by atoms with E-state index >= 15 is 0 Å². The summed E-state index contributed by atoms with van der Waals surface area (Å²) in [5, 5.41) is 18.0. The van der Waals surface area contributed by atoms with Crippen molar-refractivity contribution in [3.05, 3.63) is 47.4 Å². The number of anilines is 1. The van der Waals surface area contributed by atoms with Gasteiger partial charge < -0.3 is 15.9 Å². The summed E-state index contributed by atoms with van der Waals surface area (Å²) in [6, 6.07) is 5.76. The standard InChI is InChI=1S/C13H9FN2O4/c14-8-4-6(3-7(5-8)12(17)18)9-1-2-10(15)16-11(9)13(19)20/h1-5H,(H2,15,16)(H,17,18)(H,19,20). The number of pyridine rings is 1. The van der Waals surface area contributed by atoms with Crippen LogP contribution in [-0.4, -0.2) is 27.1 Å². The zero-order valence-electron chi connectivity index (χ0n) is 10.0. The highest BCUT2D eigenvalue weighted by Crippen LogP contribution is 2.25. The molecule has 0 aliphatic heterocycles. The zero-order chi connectivity index (χ0) is 14.9. The number of nitrogens with zero attached hydrogens (tertiary/aromatic N) is 1. The van der Waals surface area contributed by atoms with Crippen LogP contribution >= 0.6 is 0 Å². The number of nitrogens with two attached hydrogens (primary N) is 1. The number of nitrogen functional groups attached to an aromatic ring is 1. The first-order valence-corrected chi connectivity index (χ1v) is 5.42. The molecule has 7 heteroatoms. The molecule has 0 saturated carbocycles. The van der Waals surface area contributed by atoms with Gasteiger partial charge in [-0.25, -0.2) is 19.0 Å². The average molecular weight is 276 g/mol. The maximum atomic E-state index is 13.4. The lowest BCUT2D eigenvalue weighted by molar-refractivity contribution is 0.0684. The number of hydrogen-bond acceptors (Lipinski definition) is 4. The number of aromatic nitrogens is 1. The quantitative estimate of drug-likeness (QED) is 0.788. The number of benzene rings is 1. The van der Waals surface area contributed by atoms with Crippen LogP contribution < -0.4 is 5.73 Å². The Bertz CT molecular complexity index is 716. The van der Waals surface area contributed by atoms with Crippen molar-refractivity contribution in [2.75, 3.05) is 5.73 Å². The molecule has 0 radical (unpaired) electrons. The van der Waals surface area contributed by atoms with Gasteiger partial charge in [0, 0.05) is 5.56 Å². The van der Waals surface area contributed by atoms with Crippen LogP contribution in [0.2, 0.25) is 0 Å². The van der Waals surface area contributed by atoms with Crippen molar-refractivity contribution in [1.29, 1.82) is 0 Å². The van der Waals surface area contributed by atoms with Crippen molar-refractivity contribution < 1.29 is 24.2 Å². The first-order valence-electron chi connectivity index (χ1n) is 5.42. The Balaban J connectivity index is 2.68. The molecule has 0 fully saturated rings. The first kappa shape index (κ1) is 13.5. The van der Waals surface area contributed by atoms with E-state index in [0.717, 1.165) is 12.1 Å². The van der Waals surface area contributed by atoms with E-state index in [-0.39, 0.29) is 28.2 Å². The molecule has 0 atom stereocenters. The van der Waals surface area contributed by atoms with Crippen molar-refractivity contribution in [1.82, 2.24) is 4.98 Å². The van der Waals surface area contributed by atoms with Gasteiger partial charge in [-0.1, -0.05) is 0 Å². The van der Waals surface area contributed by atoms with E-state index in [1.165, 1.54) is 18.2 Å². The molecule has 0 aliphatic carbocycles. The largest absolute Gasteiger partial charge is 0.478 e. The van der Waals surface area contributed by atoms with Gasteiger partial charge in [-0.05, 0) is 35.9 Å². The second kappa shape index (κ2) is 4.96. The van der Waals surface area contributed by atoms with Gasteiger partial charge in [0.15, 0.2) is 5.69 Å². The lowest BCUT2D eigenvalue weighted by Gasteiger charge is -2.07. The van der Waals surface area contributed by atoms with Gasteiger partial charge in [0.25, 0.3) is 0 Å². The fraction of sp³-hybridized carbons (Fsp3) is 0. The molecule has 0 aliphatic rings. The number of rotatable bonds is 3. The SMILES string of the molecule is Nc1ccc(-c2cc(F)cc(C(=O)O)c2)c(C(=O)O)n1. The number of halogens is 1. The summed E-state index contributed by atoms with van der Waals surface area (Å²) in [4.78, 5) is 25.7. The summed E-state index contributed by atoms with van der Waals surface area (Å²) in [6.07, 6.45) is 0. The van der Waals surface area contributed by atoms with E-state index < -0.39 is 17.8 Å². The average Bonchev–Trinajstić information content (AvgIpc) is 2.37. The molecule has 6 nitrogen and oxygen atoms in total. The monoisotopic (exact) mass is 276 g/mol. The molecular formula is C13H9FN2O4. The molecular weight excluding hydrogens is 267 g/mol. The van der Waals surface area contributed by atoms with E-state index in [1.54, 1.807) is 0 Å². The highest BCUT2D eigenvalue weighted by molar-refractivity contribution is 5.96. The van der Waals surface area contributed by atoms with Crippen molar-refractivity contribution in [3.8, 4) is 11.1 Å². The summed E-state index contributed by atoms with van der Waals surface area (Å²) >= 11 is 0. The third-order valence-corrected chi connectivity index (χ3v) is 2.58. The molecule has 4 N–H and O–H groups in total. The summed E-state index contributed by atoms with van der Waals surface area (Å²) in [6.45, 7) is 0. The maximum Gasteiger partial charge on any atom is 0.355 e. The third-order valence-electron chi connectivity index (χ3n) is 2.58. The number of carbonyl (C=O) groups is 2. The molecule has 0 bridgehead atoms. The minimum Gasteiger partial charge on any atom is -0.478 e. The van der Waals surface area contributed by atoms with Crippen LogP contribution in [0.25, 0.3) is 11.1 Å². The lowest BCUT2D eigenvalue weighted by atomic mass is 10.0. The Morgan fingerprint density at radius 1 is 1.10 bits per heavy atom. The Labute approximate surface area is 112 Å². The first-order chi connectivity index (χ1) is 9.38. The van der Waals surface area contributed by atoms with Crippen LogP contribution in [0.4, 0.5) is 10.2 Å². The van der Waals surface area contributed by atoms with Gasteiger partial charge in [-0.15, -0.1) is 0 Å². The van der Waals surface area contributed by atoms with Gasteiger partial charge in [-0.3, -0.25) is 0 Å². The molecule has 0 saturated heterocycles. The van der Waals surface area contributed by atoms with Gasteiger partial charge in [0.2, 0.25) is 0 Å². The minimum absolute atomic E-state index is 0.000936. The van der Waals surface area contributed by atoms with Crippen molar-refractivity contribution in [2.24, 2.45) is 0 Å². The fourth-order valence-corrected chi connectivity index (χ4v) is 1.74. The summed E-state index contributed by atoms with van der Waals surface area (Å²) in [5.74, 6) is -3.44. The molecule has 0 unspecified atom stereocenters. The summed E-state index contributed by atoms with van der Waals surface area (Å²) < 4.78 is 13.4. The number of hydrogen-bond donors (Lipinski definition) is 3. The van der Waals surface area contributed by atoms with Gasteiger partial charge in [-0.2, -0.15) is 0 Å². The van der Waals surface area contributed by atoms with Crippen molar-refractivity contribution >= 4 is 17.8 Å². The second-order valence-corrected chi connectivity index (χ2v) is 3.97. The van der Waals surface area contributed by atoms with Crippen molar-refractivity contribution in [2.45, 2.75) is 0 Å². The van der Waals surface area contributed by atoms with Gasteiger partial charge in [0.05, 0.1) is 5.56 Å². The molecule has 1 aromatic heterocycles. The van der Waals surface area contributed by atoms with Crippen LogP contribution in [0.15, 0.2) is 30.3 Å². The van der Waals surface area contributed by atoms with Crippen LogP contribution in [0.5, 0.6) is 0 Å². The fourth-order valence-electron chi connectivity index (χ4n) is 1.74. The molecule has 1 aromatic carbocycles. The molecule has 0 spiro atoms. The lowest BCUT2D eigenvalue weighted by Crippen LogP contribution is -2.06. The number of carboxylic acid groups (broad SMARTS) is 2. The topological polar surface area (TPSA) is 114 Å². The number of carboxylic acids is 2. The predicted octanol–water partition coefficient (Wildman–Crippen LogP) is 1.87. The van der Waals surface area contributed by atoms with Crippen LogP contribution in [0, 0.1) is 5.82 Å². The summed E-state index contributed by atoms with van der Waals surface area (Å²) in [7, 11) is 0. The smallest absolute Gasteiger partial charge is 0.355 e. The van der Waals surface area contributed by atoms with E-state index in [2.05, 4.69) is 4.98 Å². The normalized spacial score (nSPS) is 10.2. The van der Waals surface area contributed by atoms with Crippen LogP contribution in [0.1, 0.15) is 20.8 Å². The Morgan fingerprint density at radius 3 is 2.40 bits per heavy atom. The van der Waals surface area contributed by atoms with E-state index in [9.17, 15) is 14.0 Å². The predicted molar refractivity (Wildman–Crippen MR) is 68.0 cm³/mol. The highest BCUT2D eigenvalue weighted by Gasteiger charge is 2.16. The van der Waals surface area contributed by atoms with Crippen LogP contribution in [0.3, 0.4) is 0 Å². The van der Waals surface area contributed by atoms with Crippen molar-refractivity contribution in [3.63, 3.8) is 0 Å². The Morgan fingerprint density at radius 2 is 1.80 bits per heavy atom. The van der Waals surface area contributed by atoms with E-state index in [1.807, 2.05) is 0 Å². The molecule has 2 aromatic rings. The van der Waals surface area contributed by atoms with Gasteiger partial charge in [0.1, 0.15) is 11.6 Å². The van der Waals surface area contributed by atoms with E-state index in [4.69, 9.17) is 15.9 Å². The Kier molecular flexibility index (Phi) is 3.34. The number of aromatic carboxylic acids is 2. The molecule has 2 rings (SSSR count). The van der Waals surface area contributed by atoms with Gasteiger partial charge >= 0.3 is 11.9 Å². The molecule has 1 heterocycles.